The maximum atomic E-state index is 9.68. The Bertz CT molecular complexity index is 417. The quantitative estimate of drug-likeness (QED) is 0.742. The molecule has 1 aliphatic heterocycles. The van der Waals surface area contributed by atoms with Crippen LogP contribution in [-0.2, 0) is 6.54 Å². The first-order chi connectivity index (χ1) is 7.59. The van der Waals surface area contributed by atoms with E-state index >= 15 is 0 Å². The van der Waals surface area contributed by atoms with E-state index in [1.54, 1.807) is 11.6 Å². The maximum absolute atomic E-state index is 9.68. The summed E-state index contributed by atoms with van der Waals surface area (Å²) in [4.78, 5) is 2.08. The first-order valence-electron chi connectivity index (χ1n) is 5.26. The summed E-state index contributed by atoms with van der Waals surface area (Å²) in [7, 11) is 2.00. The standard InChI is InChI=1S/C10H17N5O.ClH/c1-7-9(11)10(16)15(13-7)5-3-8-12-4-6-14(8)2;/h4,6,8,12,16H,3,5,11H2,1-2H3;1H. The zero-order chi connectivity index (χ0) is 11.7. The summed E-state index contributed by atoms with van der Waals surface area (Å²) < 4.78 is 1.54. The molecule has 96 valence electrons. The minimum Gasteiger partial charge on any atom is -0.492 e. The number of aromatic hydroxyl groups is 1. The molecule has 0 amide bonds. The number of nitrogens with zero attached hydrogens (tertiary/aromatic N) is 3. The van der Waals surface area contributed by atoms with Crippen LogP contribution in [0.3, 0.4) is 0 Å². The lowest BCUT2D eigenvalue weighted by atomic mass is 10.3. The van der Waals surface area contributed by atoms with Crippen LogP contribution in [0.5, 0.6) is 5.88 Å². The number of nitrogens with two attached hydrogens (primary N) is 1. The summed E-state index contributed by atoms with van der Waals surface area (Å²) in [5, 5.41) is 17.1. The van der Waals surface area contributed by atoms with Gasteiger partial charge < -0.3 is 21.1 Å². The molecule has 0 saturated heterocycles. The molecule has 1 unspecified atom stereocenters. The first kappa shape index (κ1) is 13.5. The van der Waals surface area contributed by atoms with Crippen molar-refractivity contribution in [2.24, 2.45) is 0 Å². The van der Waals surface area contributed by atoms with E-state index in [2.05, 4.69) is 15.3 Å². The Labute approximate surface area is 106 Å². The molecule has 7 heteroatoms. The van der Waals surface area contributed by atoms with Gasteiger partial charge in [0.15, 0.2) is 0 Å². The third-order valence-corrected chi connectivity index (χ3v) is 2.85. The fourth-order valence-corrected chi connectivity index (χ4v) is 1.76. The van der Waals surface area contributed by atoms with E-state index in [4.69, 9.17) is 5.73 Å². The predicted molar refractivity (Wildman–Crippen MR) is 68.7 cm³/mol. The van der Waals surface area contributed by atoms with Crippen LogP contribution in [0.25, 0.3) is 0 Å². The van der Waals surface area contributed by atoms with E-state index in [-0.39, 0.29) is 24.5 Å². The van der Waals surface area contributed by atoms with E-state index in [1.807, 2.05) is 19.4 Å². The second-order valence-corrected chi connectivity index (χ2v) is 4.00. The summed E-state index contributed by atoms with van der Waals surface area (Å²) in [5.41, 5.74) is 6.68. The second-order valence-electron chi connectivity index (χ2n) is 4.00. The van der Waals surface area contributed by atoms with Gasteiger partial charge >= 0.3 is 0 Å². The molecule has 17 heavy (non-hydrogen) atoms. The monoisotopic (exact) mass is 259 g/mol. The van der Waals surface area contributed by atoms with Gasteiger partial charge in [0.25, 0.3) is 0 Å². The fraction of sp³-hybridized carbons (Fsp3) is 0.500. The van der Waals surface area contributed by atoms with Crippen molar-refractivity contribution in [1.29, 1.82) is 0 Å². The lowest BCUT2D eigenvalue weighted by molar-refractivity contribution is 0.287. The summed E-state index contributed by atoms with van der Waals surface area (Å²) in [5.74, 6) is 0.0612. The lowest BCUT2D eigenvalue weighted by Crippen LogP contribution is -2.33. The molecular weight excluding hydrogens is 242 g/mol. The van der Waals surface area contributed by atoms with E-state index < -0.39 is 0 Å². The minimum atomic E-state index is 0. The molecule has 0 radical (unpaired) electrons. The number of nitrogens with one attached hydrogen (secondary N) is 1. The molecule has 2 rings (SSSR count). The van der Waals surface area contributed by atoms with Gasteiger partial charge in [-0.3, -0.25) is 0 Å². The third kappa shape index (κ3) is 2.58. The SMILES string of the molecule is Cc1nn(CCC2NC=CN2C)c(O)c1N.Cl. The molecule has 0 bridgehead atoms. The highest BCUT2D eigenvalue weighted by molar-refractivity contribution is 5.85. The fourth-order valence-electron chi connectivity index (χ4n) is 1.76. The average Bonchev–Trinajstić information content (AvgIpc) is 2.76. The van der Waals surface area contributed by atoms with Gasteiger partial charge in [-0.05, 0) is 6.92 Å². The molecule has 0 aliphatic carbocycles. The van der Waals surface area contributed by atoms with Crippen LogP contribution in [0.2, 0.25) is 0 Å². The molecule has 2 heterocycles. The number of anilines is 1. The summed E-state index contributed by atoms with van der Waals surface area (Å²) in [6.07, 6.45) is 4.99. The zero-order valence-corrected chi connectivity index (χ0v) is 10.7. The molecule has 0 saturated carbocycles. The van der Waals surface area contributed by atoms with Gasteiger partial charge in [0, 0.05) is 32.4 Å². The Morgan fingerprint density at radius 1 is 1.59 bits per heavy atom. The maximum Gasteiger partial charge on any atom is 0.233 e. The van der Waals surface area contributed by atoms with E-state index in [9.17, 15) is 5.11 Å². The minimum absolute atomic E-state index is 0. The van der Waals surface area contributed by atoms with Crippen LogP contribution in [0.15, 0.2) is 12.4 Å². The predicted octanol–water partition coefficient (Wildman–Crippen LogP) is 0.624. The molecular formula is C10H18ClN5O. The summed E-state index contributed by atoms with van der Waals surface area (Å²) in [6, 6.07) is 0. The lowest BCUT2D eigenvalue weighted by Gasteiger charge is -2.20. The van der Waals surface area contributed by atoms with Gasteiger partial charge in [0.1, 0.15) is 5.69 Å². The molecule has 1 aromatic heterocycles. The van der Waals surface area contributed by atoms with E-state index in [0.29, 0.717) is 17.9 Å². The third-order valence-electron chi connectivity index (χ3n) is 2.85. The van der Waals surface area contributed by atoms with E-state index in [0.717, 1.165) is 6.42 Å². The van der Waals surface area contributed by atoms with Crippen molar-refractivity contribution >= 4 is 18.1 Å². The van der Waals surface area contributed by atoms with Crippen LogP contribution < -0.4 is 11.1 Å². The summed E-state index contributed by atoms with van der Waals surface area (Å²) in [6.45, 7) is 2.42. The highest BCUT2D eigenvalue weighted by Crippen LogP contribution is 2.23. The second kappa shape index (κ2) is 5.18. The van der Waals surface area contributed by atoms with Crippen molar-refractivity contribution in [2.75, 3.05) is 12.8 Å². The van der Waals surface area contributed by atoms with Gasteiger partial charge in [0.05, 0.1) is 11.9 Å². The van der Waals surface area contributed by atoms with Gasteiger partial charge in [-0.1, -0.05) is 0 Å². The van der Waals surface area contributed by atoms with Gasteiger partial charge in [-0.15, -0.1) is 12.4 Å². The molecule has 1 atom stereocenters. The molecule has 1 aliphatic rings. The van der Waals surface area contributed by atoms with Crippen molar-refractivity contribution in [3.63, 3.8) is 0 Å². The smallest absolute Gasteiger partial charge is 0.233 e. The van der Waals surface area contributed by atoms with Crippen molar-refractivity contribution in [1.82, 2.24) is 20.0 Å². The number of aromatic nitrogens is 2. The molecule has 0 aromatic carbocycles. The van der Waals surface area contributed by atoms with Crippen LogP contribution >= 0.6 is 12.4 Å². The average molecular weight is 260 g/mol. The van der Waals surface area contributed by atoms with Crippen LogP contribution in [0, 0.1) is 6.92 Å². The van der Waals surface area contributed by atoms with Crippen molar-refractivity contribution < 1.29 is 5.11 Å². The Hall–Kier alpha value is -1.56. The Morgan fingerprint density at radius 3 is 2.76 bits per heavy atom. The van der Waals surface area contributed by atoms with Gasteiger partial charge in [-0.25, -0.2) is 4.68 Å². The van der Waals surface area contributed by atoms with Crippen LogP contribution in [0.4, 0.5) is 5.69 Å². The van der Waals surface area contributed by atoms with Gasteiger partial charge in [0.2, 0.25) is 5.88 Å². The normalized spacial score (nSPS) is 18.0. The molecule has 0 spiro atoms. The molecule has 1 aromatic rings. The topological polar surface area (TPSA) is 79.3 Å². The Morgan fingerprint density at radius 2 is 2.29 bits per heavy atom. The van der Waals surface area contributed by atoms with Crippen molar-refractivity contribution in [3.8, 4) is 5.88 Å². The number of aryl methyl sites for hydroxylation is 2. The van der Waals surface area contributed by atoms with E-state index in [1.165, 1.54) is 0 Å². The summed E-state index contributed by atoms with van der Waals surface area (Å²) >= 11 is 0. The highest BCUT2D eigenvalue weighted by atomic mass is 35.5. The van der Waals surface area contributed by atoms with Crippen molar-refractivity contribution in [3.05, 3.63) is 18.1 Å². The Balaban J connectivity index is 0.00000144. The number of hydrogen-bond donors (Lipinski definition) is 3. The first-order valence-corrected chi connectivity index (χ1v) is 5.26. The zero-order valence-electron chi connectivity index (χ0n) is 9.92. The molecule has 4 N–H and O–H groups in total. The molecule has 6 nitrogen and oxygen atoms in total. The number of nitrogen functional groups attached to an aromatic ring is 1. The molecule has 0 fully saturated rings. The van der Waals surface area contributed by atoms with Crippen LogP contribution in [-0.4, -0.2) is 33.0 Å². The highest BCUT2D eigenvalue weighted by Gasteiger charge is 2.16. The van der Waals surface area contributed by atoms with Crippen LogP contribution in [0.1, 0.15) is 12.1 Å². The number of hydrogen-bond acceptors (Lipinski definition) is 5. The number of rotatable bonds is 3. The number of halogens is 1. The largest absolute Gasteiger partial charge is 0.492 e. The van der Waals surface area contributed by atoms with Crippen molar-refractivity contribution in [2.45, 2.75) is 26.1 Å². The van der Waals surface area contributed by atoms with Gasteiger partial charge in [-0.2, -0.15) is 5.10 Å². The Kier molecular flexibility index (Phi) is 4.11.